The fourth-order valence-electron chi connectivity index (χ4n) is 1.99. The van der Waals surface area contributed by atoms with Crippen molar-refractivity contribution in [3.05, 3.63) is 48.8 Å². The largest absolute Gasteiger partial charge is 0.526 e. The van der Waals surface area contributed by atoms with Crippen LogP contribution in [-0.4, -0.2) is 22.2 Å². The first kappa shape index (κ1) is 11.0. The van der Waals surface area contributed by atoms with Gasteiger partial charge in [0.1, 0.15) is 11.2 Å². The molecule has 2 N–H and O–H groups in total. The van der Waals surface area contributed by atoms with Gasteiger partial charge in [0.25, 0.3) is 0 Å². The summed E-state index contributed by atoms with van der Waals surface area (Å²) in [6.45, 7) is 0. The van der Waals surface area contributed by atoms with Crippen molar-refractivity contribution >= 4 is 23.7 Å². The zero-order chi connectivity index (χ0) is 12.5. The van der Waals surface area contributed by atoms with E-state index in [2.05, 4.69) is 4.98 Å². The van der Waals surface area contributed by atoms with Gasteiger partial charge >= 0.3 is 7.12 Å². The first-order chi connectivity index (χ1) is 8.75. The maximum Gasteiger partial charge on any atom is 0.526 e. The highest BCUT2D eigenvalue weighted by Gasteiger charge is 2.18. The second-order valence-electron chi connectivity index (χ2n) is 3.98. The summed E-state index contributed by atoms with van der Waals surface area (Å²) >= 11 is 0. The van der Waals surface area contributed by atoms with Crippen molar-refractivity contribution < 1.29 is 14.5 Å². The molecule has 0 aliphatic heterocycles. The number of aromatic nitrogens is 1. The lowest BCUT2D eigenvalue weighted by atomic mass is 9.87. The second-order valence-corrected chi connectivity index (χ2v) is 3.98. The summed E-state index contributed by atoms with van der Waals surface area (Å²) in [6, 6.07) is 11.1. The van der Waals surface area contributed by atoms with E-state index in [1.54, 1.807) is 24.5 Å². The van der Waals surface area contributed by atoms with Crippen molar-refractivity contribution in [1.82, 2.24) is 4.98 Å². The lowest BCUT2D eigenvalue weighted by Gasteiger charge is -2.01. The Morgan fingerprint density at radius 2 is 1.83 bits per heavy atom. The van der Waals surface area contributed by atoms with Crippen molar-refractivity contribution in [3.63, 3.8) is 0 Å². The molecule has 0 bridgehead atoms. The van der Waals surface area contributed by atoms with Crippen LogP contribution in [0.15, 0.2) is 53.2 Å². The van der Waals surface area contributed by atoms with Crippen LogP contribution in [0, 0.1) is 0 Å². The summed E-state index contributed by atoms with van der Waals surface area (Å²) in [6.07, 6.45) is 3.44. The minimum atomic E-state index is -1.59. The van der Waals surface area contributed by atoms with Crippen LogP contribution in [-0.2, 0) is 0 Å². The number of fused-ring (bicyclic) bond motifs is 1. The predicted molar refractivity (Wildman–Crippen MR) is 69.3 cm³/mol. The Hall–Kier alpha value is -2.11. The third-order valence-corrected chi connectivity index (χ3v) is 2.83. The fourth-order valence-corrected chi connectivity index (χ4v) is 1.99. The summed E-state index contributed by atoms with van der Waals surface area (Å²) < 4.78 is 5.38. The standard InChI is InChI=1S/C13H10BNO3/c16-14(17)13-8-11-10(2-1-3-12(11)18-13)9-4-6-15-7-5-9/h1-8,16-17H. The summed E-state index contributed by atoms with van der Waals surface area (Å²) in [5, 5.41) is 19.1. The molecule has 4 nitrogen and oxygen atoms in total. The van der Waals surface area contributed by atoms with Gasteiger partial charge in [-0.1, -0.05) is 12.1 Å². The number of hydrogen-bond acceptors (Lipinski definition) is 4. The van der Waals surface area contributed by atoms with Crippen molar-refractivity contribution in [3.8, 4) is 11.1 Å². The lowest BCUT2D eigenvalue weighted by molar-refractivity contribution is 0.412. The number of pyridine rings is 1. The molecule has 0 saturated carbocycles. The lowest BCUT2D eigenvalue weighted by Crippen LogP contribution is -2.27. The van der Waals surface area contributed by atoms with Crippen LogP contribution in [0.5, 0.6) is 0 Å². The number of nitrogens with zero attached hydrogens (tertiary/aromatic N) is 1. The topological polar surface area (TPSA) is 66.5 Å². The minimum absolute atomic E-state index is 0.145. The first-order valence-corrected chi connectivity index (χ1v) is 5.55. The molecule has 0 fully saturated rings. The fraction of sp³-hybridized carbons (Fsp3) is 0. The van der Waals surface area contributed by atoms with Gasteiger partial charge < -0.3 is 14.5 Å². The molecule has 3 aromatic rings. The van der Waals surface area contributed by atoms with E-state index in [9.17, 15) is 0 Å². The first-order valence-electron chi connectivity index (χ1n) is 5.55. The van der Waals surface area contributed by atoms with Crippen LogP contribution in [0.3, 0.4) is 0 Å². The van der Waals surface area contributed by atoms with E-state index in [0.29, 0.717) is 5.58 Å². The van der Waals surface area contributed by atoms with Gasteiger partial charge in [-0.05, 0) is 35.4 Å². The highest BCUT2D eigenvalue weighted by Crippen LogP contribution is 2.28. The Morgan fingerprint density at radius 3 is 2.56 bits per heavy atom. The van der Waals surface area contributed by atoms with Crippen molar-refractivity contribution in [1.29, 1.82) is 0 Å². The maximum absolute atomic E-state index is 9.14. The average molecular weight is 239 g/mol. The normalized spacial score (nSPS) is 10.8. The smallest absolute Gasteiger partial charge is 0.465 e. The van der Waals surface area contributed by atoms with Crippen LogP contribution in [0.25, 0.3) is 22.1 Å². The molecule has 2 heterocycles. The van der Waals surface area contributed by atoms with Crippen LogP contribution in [0.2, 0.25) is 0 Å². The molecular formula is C13H10BNO3. The molecule has 0 amide bonds. The minimum Gasteiger partial charge on any atom is -0.465 e. The average Bonchev–Trinajstić information content (AvgIpc) is 2.83. The van der Waals surface area contributed by atoms with E-state index >= 15 is 0 Å². The quantitative estimate of drug-likeness (QED) is 0.659. The van der Waals surface area contributed by atoms with E-state index in [1.165, 1.54) is 0 Å². The van der Waals surface area contributed by atoms with E-state index < -0.39 is 7.12 Å². The highest BCUT2D eigenvalue weighted by atomic mass is 16.4. The van der Waals surface area contributed by atoms with Crippen molar-refractivity contribution in [2.75, 3.05) is 0 Å². The van der Waals surface area contributed by atoms with Crippen LogP contribution >= 0.6 is 0 Å². The second kappa shape index (κ2) is 4.29. The zero-order valence-electron chi connectivity index (χ0n) is 9.45. The Labute approximate surface area is 104 Å². The summed E-state index contributed by atoms with van der Waals surface area (Å²) in [7, 11) is -1.59. The molecule has 1 aromatic carbocycles. The van der Waals surface area contributed by atoms with Crippen LogP contribution in [0.1, 0.15) is 0 Å². The summed E-state index contributed by atoms with van der Waals surface area (Å²) in [4.78, 5) is 3.98. The Bertz CT molecular complexity index is 679. The third-order valence-electron chi connectivity index (χ3n) is 2.83. The van der Waals surface area contributed by atoms with Gasteiger partial charge in [-0.25, -0.2) is 0 Å². The molecule has 0 radical (unpaired) electrons. The molecule has 5 heteroatoms. The van der Waals surface area contributed by atoms with Gasteiger partial charge in [0.05, 0.1) is 0 Å². The Kier molecular flexibility index (Phi) is 2.62. The molecule has 88 valence electrons. The van der Waals surface area contributed by atoms with Gasteiger partial charge in [0.15, 0.2) is 0 Å². The molecule has 0 unspecified atom stereocenters. The molecule has 0 atom stereocenters. The zero-order valence-corrected chi connectivity index (χ0v) is 9.45. The van der Waals surface area contributed by atoms with Gasteiger partial charge in [-0.2, -0.15) is 0 Å². The van der Waals surface area contributed by atoms with Crippen LogP contribution in [0.4, 0.5) is 0 Å². The third kappa shape index (κ3) is 1.79. The van der Waals surface area contributed by atoms with Gasteiger partial charge in [-0.15, -0.1) is 0 Å². The SMILES string of the molecule is OB(O)c1cc2c(-c3ccncc3)cccc2o1. The van der Waals surface area contributed by atoms with Gasteiger partial charge in [0.2, 0.25) is 0 Å². The molecule has 2 aromatic heterocycles. The molecule has 0 aliphatic carbocycles. The van der Waals surface area contributed by atoms with Gasteiger partial charge in [-0.3, -0.25) is 4.98 Å². The van der Waals surface area contributed by atoms with E-state index in [-0.39, 0.29) is 5.66 Å². The molecule has 0 aliphatic rings. The number of furan rings is 1. The van der Waals surface area contributed by atoms with E-state index in [1.807, 2.05) is 24.3 Å². The number of hydrogen-bond donors (Lipinski definition) is 2. The Morgan fingerprint density at radius 1 is 1.06 bits per heavy atom. The highest BCUT2D eigenvalue weighted by molar-refractivity contribution is 6.57. The van der Waals surface area contributed by atoms with Crippen molar-refractivity contribution in [2.45, 2.75) is 0 Å². The van der Waals surface area contributed by atoms with E-state index in [0.717, 1.165) is 16.5 Å². The Balaban J connectivity index is 2.24. The number of benzene rings is 1. The molecule has 3 rings (SSSR count). The molecule has 18 heavy (non-hydrogen) atoms. The molecular weight excluding hydrogens is 229 g/mol. The predicted octanol–water partition coefficient (Wildman–Crippen LogP) is 1.17. The molecule has 0 spiro atoms. The van der Waals surface area contributed by atoms with Gasteiger partial charge in [0, 0.05) is 17.8 Å². The summed E-state index contributed by atoms with van der Waals surface area (Å²) in [5.41, 5.74) is 2.76. The summed E-state index contributed by atoms with van der Waals surface area (Å²) in [5.74, 6) is 0. The maximum atomic E-state index is 9.14. The molecule has 0 saturated heterocycles. The van der Waals surface area contributed by atoms with E-state index in [4.69, 9.17) is 14.5 Å². The monoisotopic (exact) mass is 239 g/mol. The van der Waals surface area contributed by atoms with Crippen LogP contribution < -0.4 is 5.66 Å². The van der Waals surface area contributed by atoms with Crippen molar-refractivity contribution in [2.24, 2.45) is 0 Å². The number of rotatable bonds is 2.